The number of halogens is 2. The number of benzene rings is 4. The van der Waals surface area contributed by atoms with E-state index in [1.54, 1.807) is 0 Å². The van der Waals surface area contributed by atoms with E-state index in [0.29, 0.717) is 17.5 Å². The lowest BCUT2D eigenvalue weighted by atomic mass is 9.84. The van der Waals surface area contributed by atoms with Crippen molar-refractivity contribution >= 4 is 40.0 Å². The Bertz CT molecular complexity index is 1710. The van der Waals surface area contributed by atoms with Crippen LogP contribution in [0.4, 0.5) is 0 Å². The Morgan fingerprint density at radius 1 is 0.791 bits per heavy atom. The number of nitrogens with two attached hydrogens (primary N) is 1. The number of hydrogen-bond acceptors (Lipinski definition) is 3. The predicted octanol–water partition coefficient (Wildman–Crippen LogP) is 8.34. The molecular formula is C36H34Cl2N4O. The van der Waals surface area contributed by atoms with Gasteiger partial charge in [0.05, 0.1) is 17.3 Å². The van der Waals surface area contributed by atoms with E-state index in [0.717, 1.165) is 42.5 Å². The van der Waals surface area contributed by atoms with Gasteiger partial charge in [-0.3, -0.25) is 14.4 Å². The highest BCUT2D eigenvalue weighted by atomic mass is 35.5. The summed E-state index contributed by atoms with van der Waals surface area (Å²) >= 11 is 12.6. The summed E-state index contributed by atoms with van der Waals surface area (Å²) in [5.41, 5.74) is 13.3. The summed E-state index contributed by atoms with van der Waals surface area (Å²) in [5.74, 6) is 0.0793. The third-order valence-electron chi connectivity index (χ3n) is 9.01. The standard InChI is InChI=1S/C36H34Cl2N4O/c37-29-10-5-24(6-11-29)34(25-7-12-30(38)13-8-25)28-9-16-33-32(21-28)35(40-42(33)31-14-15-31)26-17-19-41(20-18-26)22-23-1-3-27(4-2-23)36(39)43/h1-13,16,21,26,31,34H,14-15,17-20,22H2,(H2,39,43). The lowest BCUT2D eigenvalue weighted by Gasteiger charge is -2.31. The number of carbonyl (C=O) groups excluding carboxylic acids is 1. The highest BCUT2D eigenvalue weighted by Crippen LogP contribution is 2.42. The molecule has 218 valence electrons. The number of aromatic nitrogens is 2. The van der Waals surface area contributed by atoms with E-state index in [1.165, 1.54) is 51.7 Å². The zero-order valence-electron chi connectivity index (χ0n) is 23.9. The van der Waals surface area contributed by atoms with Gasteiger partial charge in [0, 0.05) is 39.4 Å². The normalized spacial score (nSPS) is 16.3. The van der Waals surface area contributed by atoms with Crippen molar-refractivity contribution in [1.82, 2.24) is 14.7 Å². The molecule has 0 bridgehead atoms. The summed E-state index contributed by atoms with van der Waals surface area (Å²) in [6, 6.07) is 31.5. The van der Waals surface area contributed by atoms with Crippen LogP contribution in [0, 0.1) is 0 Å². The van der Waals surface area contributed by atoms with Gasteiger partial charge in [-0.25, -0.2) is 0 Å². The largest absolute Gasteiger partial charge is 0.366 e. The molecule has 1 aliphatic heterocycles. The molecule has 2 N–H and O–H groups in total. The summed E-state index contributed by atoms with van der Waals surface area (Å²) in [5, 5.41) is 8.04. The van der Waals surface area contributed by atoms with Crippen LogP contribution in [0.1, 0.15) is 81.9 Å². The summed E-state index contributed by atoms with van der Waals surface area (Å²) in [6.45, 7) is 2.90. The highest BCUT2D eigenvalue weighted by molar-refractivity contribution is 6.30. The van der Waals surface area contributed by atoms with Crippen LogP contribution >= 0.6 is 23.2 Å². The molecule has 0 radical (unpaired) electrons. The molecular weight excluding hydrogens is 575 g/mol. The Morgan fingerprint density at radius 3 is 1.93 bits per heavy atom. The monoisotopic (exact) mass is 608 g/mol. The molecule has 5 aromatic rings. The quantitative estimate of drug-likeness (QED) is 0.180. The molecule has 1 aromatic heterocycles. The molecule has 1 saturated carbocycles. The van der Waals surface area contributed by atoms with Crippen molar-refractivity contribution in [2.75, 3.05) is 13.1 Å². The topological polar surface area (TPSA) is 64.2 Å². The minimum absolute atomic E-state index is 0.0545. The number of rotatable bonds is 8. The average molecular weight is 610 g/mol. The number of amides is 1. The minimum atomic E-state index is -0.388. The molecule has 0 unspecified atom stereocenters. The Balaban J connectivity index is 1.19. The van der Waals surface area contributed by atoms with Gasteiger partial charge in [-0.1, -0.05) is 65.7 Å². The zero-order valence-corrected chi connectivity index (χ0v) is 25.4. The summed E-state index contributed by atoms with van der Waals surface area (Å²) in [6.07, 6.45) is 4.53. The number of hydrogen-bond donors (Lipinski definition) is 1. The van der Waals surface area contributed by atoms with Gasteiger partial charge in [0.25, 0.3) is 0 Å². The molecule has 7 rings (SSSR count). The van der Waals surface area contributed by atoms with Crippen molar-refractivity contribution in [3.05, 3.63) is 135 Å². The van der Waals surface area contributed by atoms with Crippen LogP contribution < -0.4 is 5.73 Å². The van der Waals surface area contributed by atoms with Gasteiger partial charge in [0.1, 0.15) is 0 Å². The molecule has 1 saturated heterocycles. The van der Waals surface area contributed by atoms with E-state index in [-0.39, 0.29) is 11.8 Å². The smallest absolute Gasteiger partial charge is 0.248 e. The molecule has 2 heterocycles. The van der Waals surface area contributed by atoms with Crippen molar-refractivity contribution < 1.29 is 4.79 Å². The first-order chi connectivity index (χ1) is 20.9. The van der Waals surface area contributed by atoms with Crippen LogP contribution in [0.25, 0.3) is 10.9 Å². The van der Waals surface area contributed by atoms with Gasteiger partial charge in [0.15, 0.2) is 0 Å². The zero-order chi connectivity index (χ0) is 29.5. The number of likely N-dealkylation sites (tertiary alicyclic amines) is 1. The van der Waals surface area contributed by atoms with Crippen LogP contribution in [0.15, 0.2) is 91.0 Å². The second-order valence-corrected chi connectivity index (χ2v) is 12.9. The van der Waals surface area contributed by atoms with Gasteiger partial charge < -0.3 is 5.73 Å². The first kappa shape index (κ1) is 28.1. The van der Waals surface area contributed by atoms with Crippen molar-refractivity contribution in [1.29, 1.82) is 0 Å². The molecule has 1 aliphatic carbocycles. The third kappa shape index (κ3) is 5.95. The van der Waals surface area contributed by atoms with Crippen LogP contribution in [0.3, 0.4) is 0 Å². The van der Waals surface area contributed by atoms with Crippen LogP contribution in [-0.4, -0.2) is 33.7 Å². The van der Waals surface area contributed by atoms with E-state index in [9.17, 15) is 4.79 Å². The summed E-state index contributed by atoms with van der Waals surface area (Å²) < 4.78 is 2.29. The Labute approximate surface area is 262 Å². The van der Waals surface area contributed by atoms with Gasteiger partial charge in [-0.05, 0) is 110 Å². The summed E-state index contributed by atoms with van der Waals surface area (Å²) in [7, 11) is 0. The number of piperidine rings is 1. The summed E-state index contributed by atoms with van der Waals surface area (Å²) in [4.78, 5) is 13.9. The Hall–Kier alpha value is -3.64. The second-order valence-electron chi connectivity index (χ2n) is 12.0. The fourth-order valence-corrected chi connectivity index (χ4v) is 6.80. The molecule has 1 amide bonds. The maximum atomic E-state index is 11.4. The molecule has 0 atom stereocenters. The molecule has 5 nitrogen and oxygen atoms in total. The second kappa shape index (κ2) is 11.8. The number of carbonyl (C=O) groups is 1. The fourth-order valence-electron chi connectivity index (χ4n) is 6.55. The lowest BCUT2D eigenvalue weighted by molar-refractivity contribution is 0.1000. The first-order valence-electron chi connectivity index (χ1n) is 15.1. The lowest BCUT2D eigenvalue weighted by Crippen LogP contribution is -2.32. The predicted molar refractivity (Wildman–Crippen MR) is 174 cm³/mol. The van der Waals surface area contributed by atoms with Crippen molar-refractivity contribution in [3.8, 4) is 0 Å². The maximum absolute atomic E-state index is 11.4. The van der Waals surface area contributed by atoms with Gasteiger partial charge >= 0.3 is 0 Å². The van der Waals surface area contributed by atoms with E-state index in [1.807, 2.05) is 48.5 Å². The van der Waals surface area contributed by atoms with Crippen molar-refractivity contribution in [3.63, 3.8) is 0 Å². The van der Waals surface area contributed by atoms with Gasteiger partial charge in [-0.2, -0.15) is 5.10 Å². The molecule has 2 aliphatic rings. The molecule has 0 spiro atoms. The van der Waals surface area contributed by atoms with Crippen LogP contribution in [0.5, 0.6) is 0 Å². The molecule has 7 heteroatoms. The van der Waals surface area contributed by atoms with Gasteiger partial charge in [0.2, 0.25) is 5.91 Å². The number of fused-ring (bicyclic) bond motifs is 1. The Morgan fingerprint density at radius 2 is 1.37 bits per heavy atom. The van der Waals surface area contributed by atoms with E-state index >= 15 is 0 Å². The highest BCUT2D eigenvalue weighted by Gasteiger charge is 2.31. The van der Waals surface area contributed by atoms with Crippen LogP contribution in [-0.2, 0) is 6.54 Å². The Kier molecular flexibility index (Phi) is 7.72. The van der Waals surface area contributed by atoms with Crippen molar-refractivity contribution in [2.45, 2.75) is 50.1 Å². The third-order valence-corrected chi connectivity index (χ3v) is 9.51. The van der Waals surface area contributed by atoms with Crippen LogP contribution in [0.2, 0.25) is 10.0 Å². The number of primary amides is 1. The van der Waals surface area contributed by atoms with E-state index in [2.05, 4.69) is 52.0 Å². The molecule has 43 heavy (non-hydrogen) atoms. The molecule has 2 fully saturated rings. The average Bonchev–Trinajstić information content (AvgIpc) is 3.80. The van der Waals surface area contributed by atoms with E-state index in [4.69, 9.17) is 34.0 Å². The molecule has 4 aromatic carbocycles. The first-order valence-corrected chi connectivity index (χ1v) is 15.8. The minimum Gasteiger partial charge on any atom is -0.366 e. The van der Waals surface area contributed by atoms with Gasteiger partial charge in [-0.15, -0.1) is 0 Å². The fraction of sp³-hybridized carbons (Fsp3) is 0.278. The maximum Gasteiger partial charge on any atom is 0.248 e. The van der Waals surface area contributed by atoms with E-state index < -0.39 is 0 Å². The SMILES string of the molecule is NC(=O)c1ccc(CN2CCC(c3nn(C4CC4)c4ccc(C(c5ccc(Cl)cc5)c5ccc(Cl)cc5)cc34)CC2)cc1. The number of nitrogens with zero attached hydrogens (tertiary/aromatic N) is 3. The van der Waals surface area contributed by atoms with Crippen molar-refractivity contribution in [2.24, 2.45) is 5.73 Å².